The summed E-state index contributed by atoms with van der Waals surface area (Å²) in [6.07, 6.45) is -21.2. The third kappa shape index (κ3) is 10.1. The quantitative estimate of drug-likeness (QED) is 0.0645. The van der Waals surface area contributed by atoms with Crippen molar-refractivity contribution < 1.29 is 113 Å². The Morgan fingerprint density at radius 2 is 1.26 bits per heavy atom. The Hall–Kier alpha value is -2.08. The van der Waals surface area contributed by atoms with Gasteiger partial charge in [0.15, 0.2) is 18.9 Å². The number of esters is 2. The zero-order chi connectivity index (χ0) is 57.0. The smallest absolute Gasteiger partial charge is 0.315 e. The first-order valence-corrected chi connectivity index (χ1v) is 28.1. The Morgan fingerprint density at radius 3 is 1.92 bits per heavy atom. The fourth-order valence-corrected chi connectivity index (χ4v) is 16.3. The molecule has 0 spiro atoms. The molecule has 0 radical (unpaired) electrons. The first kappa shape index (κ1) is 60.5. The minimum absolute atomic E-state index is 0.0508. The van der Waals surface area contributed by atoms with Gasteiger partial charge in [-0.05, 0) is 111 Å². The van der Waals surface area contributed by atoms with Gasteiger partial charge in [0, 0.05) is 12.3 Å². The molecule has 8 fully saturated rings. The number of hydrogen-bond donors (Lipinski definition) is 12. The molecule has 12 N–H and O–H groups in total. The molecule has 4 heterocycles. The van der Waals surface area contributed by atoms with Crippen molar-refractivity contribution in [1.82, 2.24) is 0 Å². The van der Waals surface area contributed by atoms with Crippen LogP contribution in [0.3, 0.4) is 0 Å². The molecule has 4 saturated carbocycles. The molecule has 0 bridgehead atoms. The van der Waals surface area contributed by atoms with E-state index < -0.39 is 159 Å². The van der Waals surface area contributed by atoms with E-state index in [1.54, 1.807) is 0 Å². The van der Waals surface area contributed by atoms with Gasteiger partial charge >= 0.3 is 11.9 Å². The van der Waals surface area contributed by atoms with Gasteiger partial charge in [0.2, 0.25) is 6.29 Å². The normalized spacial score (nSPS) is 53.1. The summed E-state index contributed by atoms with van der Waals surface area (Å²) in [5.41, 5.74) is -1.78. The van der Waals surface area contributed by atoms with E-state index in [2.05, 4.69) is 40.7 Å². The lowest BCUT2D eigenvalue weighted by molar-refractivity contribution is -0.365. The number of fused-ring (bicyclic) bond motifs is 7. The molecule has 4 saturated heterocycles. The number of aliphatic hydroxyl groups excluding tert-OH is 12. The minimum atomic E-state index is -1.86. The van der Waals surface area contributed by atoms with Crippen LogP contribution in [0.25, 0.3) is 0 Å². The van der Waals surface area contributed by atoms with E-state index in [-0.39, 0.29) is 52.6 Å². The van der Waals surface area contributed by atoms with E-state index >= 15 is 4.79 Å². The summed E-state index contributed by atoms with van der Waals surface area (Å²) >= 11 is 0. The molecule has 0 aromatic carbocycles. The lowest BCUT2D eigenvalue weighted by Crippen LogP contribution is -2.67. The van der Waals surface area contributed by atoms with Crippen molar-refractivity contribution in [3.63, 3.8) is 0 Å². The third-order valence-corrected chi connectivity index (χ3v) is 21.4. The molecule has 9 rings (SSSR count). The Balaban J connectivity index is 0.921. The summed E-state index contributed by atoms with van der Waals surface area (Å²) in [5, 5.41) is 130. The predicted molar refractivity (Wildman–Crippen MR) is 266 cm³/mol. The summed E-state index contributed by atoms with van der Waals surface area (Å²) in [7, 11) is 0. The number of carbonyl (C=O) groups excluding carboxylic acids is 2. The second-order valence-electron chi connectivity index (χ2n) is 26.3. The number of ether oxygens (including phenoxy) is 9. The van der Waals surface area contributed by atoms with E-state index in [0.717, 1.165) is 19.8 Å². The minimum Gasteiger partial charge on any atom is -0.463 e. The molecular formula is C55H88O23. The van der Waals surface area contributed by atoms with Crippen LogP contribution in [0.5, 0.6) is 0 Å². The molecule has 0 aromatic heterocycles. The van der Waals surface area contributed by atoms with Gasteiger partial charge in [0.25, 0.3) is 0 Å². The molecule has 28 unspecified atom stereocenters. The Labute approximate surface area is 455 Å². The highest BCUT2D eigenvalue weighted by atomic mass is 16.8. The van der Waals surface area contributed by atoms with E-state index in [0.29, 0.717) is 51.4 Å². The van der Waals surface area contributed by atoms with Crippen LogP contribution in [0.15, 0.2) is 11.6 Å². The number of carbonyl (C=O) groups is 2. The predicted octanol–water partition coefficient (Wildman–Crippen LogP) is -0.825. The maximum absolute atomic E-state index is 15.1. The highest BCUT2D eigenvalue weighted by Gasteiger charge is 2.71. The molecule has 0 aromatic rings. The van der Waals surface area contributed by atoms with Crippen LogP contribution in [0, 0.1) is 50.2 Å². The largest absolute Gasteiger partial charge is 0.463 e. The topological polar surface area (TPSA) is 360 Å². The van der Waals surface area contributed by atoms with Crippen molar-refractivity contribution in [3.8, 4) is 0 Å². The van der Waals surface area contributed by atoms with E-state index in [4.69, 9.17) is 42.6 Å². The molecule has 4 aliphatic heterocycles. The molecule has 78 heavy (non-hydrogen) atoms. The molecule has 5 aliphatic carbocycles. The van der Waals surface area contributed by atoms with Crippen molar-refractivity contribution in [2.45, 2.75) is 242 Å². The van der Waals surface area contributed by atoms with Gasteiger partial charge < -0.3 is 104 Å². The maximum Gasteiger partial charge on any atom is 0.315 e. The van der Waals surface area contributed by atoms with Gasteiger partial charge in [0.05, 0.1) is 37.4 Å². The second kappa shape index (κ2) is 22.2. The number of aliphatic hydroxyl groups is 12. The number of hydrogen-bond acceptors (Lipinski definition) is 23. The Kier molecular flexibility index (Phi) is 17.2. The van der Waals surface area contributed by atoms with Crippen LogP contribution in [0.4, 0.5) is 0 Å². The zero-order valence-corrected chi connectivity index (χ0v) is 46.1. The maximum atomic E-state index is 15.1. The average molecular weight is 1120 g/mol. The van der Waals surface area contributed by atoms with Crippen LogP contribution >= 0.6 is 0 Å². The number of rotatable bonds is 12. The molecule has 23 nitrogen and oxygen atoms in total. The van der Waals surface area contributed by atoms with Crippen LogP contribution in [0.1, 0.15) is 120 Å². The molecular weight excluding hydrogens is 1030 g/mol. The zero-order valence-electron chi connectivity index (χ0n) is 46.1. The van der Waals surface area contributed by atoms with Crippen molar-refractivity contribution in [2.24, 2.45) is 50.2 Å². The van der Waals surface area contributed by atoms with Crippen molar-refractivity contribution in [2.75, 3.05) is 26.4 Å². The highest BCUT2D eigenvalue weighted by Crippen LogP contribution is 2.76. The summed E-state index contributed by atoms with van der Waals surface area (Å²) in [4.78, 5) is 26.6. The molecule has 9 aliphatic rings. The highest BCUT2D eigenvalue weighted by molar-refractivity contribution is 5.79. The monoisotopic (exact) mass is 1120 g/mol. The fourth-order valence-electron chi connectivity index (χ4n) is 16.3. The Bertz CT molecular complexity index is 2180. The summed E-state index contributed by atoms with van der Waals surface area (Å²) in [6, 6.07) is 0. The summed E-state index contributed by atoms with van der Waals surface area (Å²) < 4.78 is 52.9. The van der Waals surface area contributed by atoms with Crippen molar-refractivity contribution in [3.05, 3.63) is 11.6 Å². The van der Waals surface area contributed by atoms with Crippen LogP contribution in [0.2, 0.25) is 0 Å². The van der Waals surface area contributed by atoms with Gasteiger partial charge in [-0.2, -0.15) is 0 Å². The fraction of sp³-hybridized carbons (Fsp3) is 0.927. The van der Waals surface area contributed by atoms with Gasteiger partial charge in [-0.3, -0.25) is 9.59 Å². The summed E-state index contributed by atoms with van der Waals surface area (Å²) in [6.45, 7) is 14.5. The first-order valence-electron chi connectivity index (χ1n) is 28.1. The number of allylic oxidation sites excluding steroid dienone is 2. The van der Waals surface area contributed by atoms with Gasteiger partial charge in [-0.1, -0.05) is 53.2 Å². The van der Waals surface area contributed by atoms with Gasteiger partial charge in [-0.15, -0.1) is 0 Å². The SMILES string of the molecule is CC(=O)OCC1OC(OCC2OC(OC(=O)C34CCC(C)(C)CC3C3=CCC5C6(C)CCC(OC7OCC(O)C(O)C7OC7OC(C)C(O)C(O)C7O)C(C)(CO)C6CCC5(C)C3(C)CC4)C(O)C(O)C2O)C(O)C(O)C1O. The lowest BCUT2D eigenvalue weighted by atomic mass is 9.33. The molecule has 23 heteroatoms. The average Bonchev–Trinajstić information content (AvgIpc) is 3.46. The third-order valence-electron chi connectivity index (χ3n) is 21.4. The van der Waals surface area contributed by atoms with Crippen LogP contribution < -0.4 is 0 Å². The second-order valence-corrected chi connectivity index (χ2v) is 26.3. The summed E-state index contributed by atoms with van der Waals surface area (Å²) in [5.74, 6) is -1.45. The molecule has 28 atom stereocenters. The van der Waals surface area contributed by atoms with Crippen LogP contribution in [-0.2, 0) is 52.2 Å². The van der Waals surface area contributed by atoms with E-state index in [9.17, 15) is 66.1 Å². The van der Waals surface area contributed by atoms with Crippen molar-refractivity contribution >= 4 is 11.9 Å². The molecule has 0 amide bonds. The van der Waals surface area contributed by atoms with E-state index in [1.807, 2.05) is 6.92 Å². The standard InChI is InChI=1S/C55H88O23/c1-24-34(59)38(63)42(67)46(73-24)77-44-35(60)28(58)20-71-48(44)76-33-12-13-51(5)31(52(33,6)23-56)11-14-54(8)32(51)10-9-26-27-19-50(3,4)15-17-55(27,18-16-53(26,54)7)49(69)78-47-43(68)40(65)37(62)30(75-47)22-72-45-41(66)39(64)36(61)29(74-45)21-70-25(2)57/h9,24,27-48,56,58-68H,10-23H2,1-8H3. The lowest BCUT2D eigenvalue weighted by Gasteiger charge is -2.71. The first-order chi connectivity index (χ1) is 36.5. The van der Waals surface area contributed by atoms with Gasteiger partial charge in [0.1, 0.15) is 92.1 Å². The van der Waals surface area contributed by atoms with Crippen molar-refractivity contribution in [1.29, 1.82) is 0 Å². The van der Waals surface area contributed by atoms with E-state index in [1.165, 1.54) is 12.5 Å². The van der Waals surface area contributed by atoms with Crippen LogP contribution in [-0.4, -0.2) is 222 Å². The van der Waals surface area contributed by atoms with Gasteiger partial charge in [-0.25, -0.2) is 0 Å². The molecule has 446 valence electrons. The Morgan fingerprint density at radius 1 is 0.641 bits per heavy atom.